The fourth-order valence-corrected chi connectivity index (χ4v) is 1.51. The minimum absolute atomic E-state index is 0.0246. The molecule has 0 aliphatic rings. The van der Waals surface area contributed by atoms with Crippen molar-refractivity contribution in [3.63, 3.8) is 0 Å². The SMILES string of the molecule is COC(=O)c1nnn(-c2ccccc2OC)c1N. The van der Waals surface area contributed by atoms with Gasteiger partial charge >= 0.3 is 5.97 Å². The average Bonchev–Trinajstić information content (AvgIpc) is 2.79. The molecule has 2 aromatic rings. The van der Waals surface area contributed by atoms with Gasteiger partial charge in [-0.1, -0.05) is 17.3 Å². The van der Waals surface area contributed by atoms with E-state index < -0.39 is 5.97 Å². The summed E-state index contributed by atoms with van der Waals surface area (Å²) in [5.74, 6) is 0.0468. The lowest BCUT2D eigenvalue weighted by Gasteiger charge is -2.08. The lowest BCUT2D eigenvalue weighted by Crippen LogP contribution is -2.08. The Morgan fingerprint density at radius 2 is 2.06 bits per heavy atom. The summed E-state index contributed by atoms with van der Waals surface area (Å²) in [5.41, 5.74) is 6.39. The molecule has 0 amide bonds. The van der Waals surface area contributed by atoms with E-state index in [0.29, 0.717) is 11.4 Å². The van der Waals surface area contributed by atoms with Gasteiger partial charge in [-0.15, -0.1) is 5.10 Å². The molecule has 0 spiro atoms. The van der Waals surface area contributed by atoms with Gasteiger partial charge in [0, 0.05) is 0 Å². The number of carbonyl (C=O) groups is 1. The van der Waals surface area contributed by atoms with Crippen LogP contribution in [0.25, 0.3) is 5.69 Å². The Kier molecular flexibility index (Phi) is 3.13. The first-order valence-electron chi connectivity index (χ1n) is 5.12. The molecule has 0 unspecified atom stereocenters. The smallest absolute Gasteiger partial charge is 0.362 e. The molecule has 0 aliphatic carbocycles. The van der Waals surface area contributed by atoms with Crippen LogP contribution < -0.4 is 10.5 Å². The maximum absolute atomic E-state index is 11.4. The van der Waals surface area contributed by atoms with Gasteiger partial charge in [0.25, 0.3) is 0 Å². The van der Waals surface area contributed by atoms with E-state index in [1.807, 2.05) is 6.07 Å². The number of para-hydroxylation sites is 2. The zero-order valence-corrected chi connectivity index (χ0v) is 9.95. The van der Waals surface area contributed by atoms with E-state index in [4.69, 9.17) is 10.5 Å². The number of hydrogen-bond donors (Lipinski definition) is 1. The predicted molar refractivity (Wildman–Crippen MR) is 63.7 cm³/mol. The lowest BCUT2D eigenvalue weighted by atomic mass is 10.3. The Labute approximate surface area is 103 Å². The molecular weight excluding hydrogens is 236 g/mol. The molecule has 0 saturated carbocycles. The third-order valence-electron chi connectivity index (χ3n) is 2.40. The van der Waals surface area contributed by atoms with Gasteiger partial charge < -0.3 is 15.2 Å². The molecule has 18 heavy (non-hydrogen) atoms. The number of ether oxygens (including phenoxy) is 2. The van der Waals surface area contributed by atoms with Gasteiger partial charge in [-0.2, -0.15) is 4.68 Å². The quantitative estimate of drug-likeness (QED) is 0.801. The number of carbonyl (C=O) groups excluding carboxylic acids is 1. The lowest BCUT2D eigenvalue weighted by molar-refractivity contribution is 0.0595. The monoisotopic (exact) mass is 248 g/mol. The van der Waals surface area contributed by atoms with Crippen LogP contribution in [-0.4, -0.2) is 35.2 Å². The van der Waals surface area contributed by atoms with Crippen molar-refractivity contribution >= 4 is 11.8 Å². The van der Waals surface area contributed by atoms with Crippen molar-refractivity contribution in [2.45, 2.75) is 0 Å². The van der Waals surface area contributed by atoms with Crippen LogP contribution in [0.2, 0.25) is 0 Å². The van der Waals surface area contributed by atoms with Gasteiger partial charge in [-0.25, -0.2) is 4.79 Å². The molecular formula is C11H12N4O3. The molecule has 1 aromatic heterocycles. The molecule has 7 nitrogen and oxygen atoms in total. The molecule has 1 heterocycles. The number of esters is 1. The highest BCUT2D eigenvalue weighted by molar-refractivity contribution is 5.92. The summed E-state index contributed by atoms with van der Waals surface area (Å²) in [5, 5.41) is 7.52. The molecule has 7 heteroatoms. The van der Waals surface area contributed by atoms with Crippen LogP contribution in [0.3, 0.4) is 0 Å². The third-order valence-corrected chi connectivity index (χ3v) is 2.40. The van der Waals surface area contributed by atoms with Crippen LogP contribution in [0, 0.1) is 0 Å². The molecule has 0 fully saturated rings. The number of methoxy groups -OCH3 is 2. The predicted octanol–water partition coefficient (Wildman–Crippen LogP) is 0.645. The molecule has 0 radical (unpaired) electrons. The average molecular weight is 248 g/mol. The molecule has 0 atom stereocenters. The van der Waals surface area contributed by atoms with Crippen molar-refractivity contribution in [2.75, 3.05) is 20.0 Å². The van der Waals surface area contributed by atoms with E-state index in [1.165, 1.54) is 18.9 Å². The van der Waals surface area contributed by atoms with E-state index in [9.17, 15) is 4.79 Å². The molecule has 0 saturated heterocycles. The summed E-state index contributed by atoms with van der Waals surface area (Å²) in [6.07, 6.45) is 0. The van der Waals surface area contributed by atoms with Gasteiger partial charge in [0.2, 0.25) is 5.69 Å². The number of aromatic nitrogens is 3. The minimum Gasteiger partial charge on any atom is -0.494 e. The number of rotatable bonds is 3. The zero-order valence-electron chi connectivity index (χ0n) is 9.95. The van der Waals surface area contributed by atoms with Crippen molar-refractivity contribution in [1.82, 2.24) is 15.0 Å². The zero-order chi connectivity index (χ0) is 13.1. The molecule has 94 valence electrons. The van der Waals surface area contributed by atoms with Crippen LogP contribution in [0.1, 0.15) is 10.5 Å². The van der Waals surface area contributed by atoms with Gasteiger partial charge in [0.15, 0.2) is 5.82 Å². The first kappa shape index (κ1) is 11.9. The van der Waals surface area contributed by atoms with Crippen LogP contribution >= 0.6 is 0 Å². The van der Waals surface area contributed by atoms with Crippen molar-refractivity contribution in [1.29, 1.82) is 0 Å². The van der Waals surface area contributed by atoms with E-state index in [2.05, 4.69) is 15.0 Å². The second kappa shape index (κ2) is 4.74. The third kappa shape index (κ3) is 1.86. The molecule has 0 bridgehead atoms. The van der Waals surface area contributed by atoms with Gasteiger partial charge in [-0.05, 0) is 12.1 Å². The number of hydrogen-bond acceptors (Lipinski definition) is 6. The highest BCUT2D eigenvalue weighted by Gasteiger charge is 2.20. The summed E-state index contributed by atoms with van der Waals surface area (Å²) >= 11 is 0. The van der Waals surface area contributed by atoms with Gasteiger partial charge in [0.1, 0.15) is 11.4 Å². The topological polar surface area (TPSA) is 92.3 Å². The Bertz CT molecular complexity index is 579. The summed E-state index contributed by atoms with van der Waals surface area (Å²) in [7, 11) is 2.79. The van der Waals surface area contributed by atoms with Crippen molar-refractivity contribution in [3.05, 3.63) is 30.0 Å². The van der Waals surface area contributed by atoms with Crippen molar-refractivity contribution in [3.8, 4) is 11.4 Å². The number of nitrogen functional groups attached to an aromatic ring is 1. The Balaban J connectivity index is 2.52. The second-order valence-corrected chi connectivity index (χ2v) is 3.40. The fraction of sp³-hybridized carbons (Fsp3) is 0.182. The summed E-state index contributed by atoms with van der Waals surface area (Å²) in [6, 6.07) is 7.13. The fourth-order valence-electron chi connectivity index (χ4n) is 1.51. The van der Waals surface area contributed by atoms with E-state index in [-0.39, 0.29) is 11.5 Å². The van der Waals surface area contributed by atoms with Crippen molar-refractivity contribution in [2.24, 2.45) is 0 Å². The molecule has 2 rings (SSSR count). The first-order valence-corrected chi connectivity index (χ1v) is 5.12. The maximum Gasteiger partial charge on any atom is 0.362 e. The standard InChI is InChI=1S/C11H12N4O3/c1-17-8-6-4-3-5-7(8)15-10(12)9(13-14-15)11(16)18-2/h3-6H,12H2,1-2H3. The van der Waals surface area contributed by atoms with Gasteiger partial charge in [-0.3, -0.25) is 0 Å². The number of benzene rings is 1. The first-order chi connectivity index (χ1) is 8.69. The molecule has 1 aromatic carbocycles. The Morgan fingerprint density at radius 3 is 2.72 bits per heavy atom. The van der Waals surface area contributed by atoms with E-state index >= 15 is 0 Å². The Hall–Kier alpha value is -2.57. The largest absolute Gasteiger partial charge is 0.494 e. The summed E-state index contributed by atoms with van der Waals surface area (Å²) < 4.78 is 11.1. The van der Waals surface area contributed by atoms with E-state index in [1.54, 1.807) is 18.2 Å². The van der Waals surface area contributed by atoms with Crippen LogP contribution in [-0.2, 0) is 4.74 Å². The van der Waals surface area contributed by atoms with E-state index in [0.717, 1.165) is 0 Å². The number of nitrogens with two attached hydrogens (primary N) is 1. The van der Waals surface area contributed by atoms with Crippen LogP contribution in [0.4, 0.5) is 5.82 Å². The van der Waals surface area contributed by atoms with Crippen LogP contribution in [0.5, 0.6) is 5.75 Å². The Morgan fingerprint density at radius 1 is 1.33 bits per heavy atom. The summed E-state index contributed by atoms with van der Waals surface area (Å²) in [4.78, 5) is 11.4. The van der Waals surface area contributed by atoms with Crippen LogP contribution in [0.15, 0.2) is 24.3 Å². The number of nitrogens with zero attached hydrogens (tertiary/aromatic N) is 3. The highest BCUT2D eigenvalue weighted by atomic mass is 16.5. The second-order valence-electron chi connectivity index (χ2n) is 3.40. The minimum atomic E-state index is -0.631. The molecule has 2 N–H and O–H groups in total. The highest BCUT2D eigenvalue weighted by Crippen LogP contribution is 2.24. The normalized spacial score (nSPS) is 10.1. The van der Waals surface area contributed by atoms with Gasteiger partial charge in [0.05, 0.1) is 14.2 Å². The number of anilines is 1. The van der Waals surface area contributed by atoms with Crippen molar-refractivity contribution < 1.29 is 14.3 Å². The molecule has 0 aliphatic heterocycles. The maximum atomic E-state index is 11.4. The summed E-state index contributed by atoms with van der Waals surface area (Å²) in [6.45, 7) is 0.